The zero-order valence-electron chi connectivity index (χ0n) is 15.1. The molecule has 1 aliphatic rings. The van der Waals surface area contributed by atoms with Gasteiger partial charge in [-0.3, -0.25) is 0 Å². The quantitative estimate of drug-likeness (QED) is 0.800. The van der Waals surface area contributed by atoms with Gasteiger partial charge >= 0.3 is 0 Å². The molecule has 1 aromatic heterocycles. The summed E-state index contributed by atoms with van der Waals surface area (Å²) in [6, 6.07) is 10.6. The zero-order valence-corrected chi connectivity index (χ0v) is 15.9. The van der Waals surface area contributed by atoms with Crippen LogP contribution in [-0.2, 0) is 6.42 Å². The third-order valence-corrected chi connectivity index (χ3v) is 5.08. The molecule has 1 saturated heterocycles. The maximum Gasteiger partial charge on any atom is 0.227 e. The summed E-state index contributed by atoms with van der Waals surface area (Å²) < 4.78 is 0. The van der Waals surface area contributed by atoms with Crippen molar-refractivity contribution >= 4 is 23.4 Å². The number of hydrogen-bond acceptors (Lipinski definition) is 4. The van der Waals surface area contributed by atoms with E-state index in [1.807, 2.05) is 25.1 Å². The lowest BCUT2D eigenvalue weighted by Crippen LogP contribution is -2.40. The second-order valence-corrected chi connectivity index (χ2v) is 7.19. The van der Waals surface area contributed by atoms with Crippen molar-refractivity contribution in [3.8, 4) is 0 Å². The third-order valence-electron chi connectivity index (χ3n) is 4.83. The Morgan fingerprint density at radius 2 is 2.00 bits per heavy atom. The number of aryl methyl sites for hydroxylation is 1. The van der Waals surface area contributed by atoms with Crippen LogP contribution in [0.5, 0.6) is 0 Å². The molecule has 0 spiro atoms. The number of nitrogens with one attached hydrogen (secondary N) is 1. The van der Waals surface area contributed by atoms with Crippen LogP contribution in [0.15, 0.2) is 30.3 Å². The minimum Gasteiger partial charge on any atom is -0.370 e. The summed E-state index contributed by atoms with van der Waals surface area (Å²) in [5, 5.41) is 4.23. The van der Waals surface area contributed by atoms with Crippen molar-refractivity contribution in [1.29, 1.82) is 0 Å². The van der Waals surface area contributed by atoms with Crippen molar-refractivity contribution in [3.63, 3.8) is 0 Å². The number of halogens is 1. The first-order valence-electron chi connectivity index (χ1n) is 9.26. The van der Waals surface area contributed by atoms with Crippen molar-refractivity contribution < 1.29 is 0 Å². The SMILES string of the molecule is CCC1CCCCN1c1nc(C)cc(NCCc2ccc(Cl)cc2)n1. The fourth-order valence-corrected chi connectivity index (χ4v) is 3.57. The van der Waals surface area contributed by atoms with Crippen LogP contribution in [0.1, 0.15) is 43.9 Å². The van der Waals surface area contributed by atoms with Crippen LogP contribution in [0.3, 0.4) is 0 Å². The van der Waals surface area contributed by atoms with Crippen LogP contribution in [-0.4, -0.2) is 29.1 Å². The average Bonchev–Trinajstić information content (AvgIpc) is 2.63. The van der Waals surface area contributed by atoms with Crippen LogP contribution < -0.4 is 10.2 Å². The van der Waals surface area contributed by atoms with Crippen molar-refractivity contribution in [1.82, 2.24) is 9.97 Å². The minimum atomic E-state index is 0.567. The summed E-state index contributed by atoms with van der Waals surface area (Å²) in [6.45, 7) is 6.20. The van der Waals surface area contributed by atoms with E-state index >= 15 is 0 Å². The first-order chi connectivity index (χ1) is 12.2. The van der Waals surface area contributed by atoms with Gasteiger partial charge in [0.25, 0.3) is 0 Å². The van der Waals surface area contributed by atoms with Gasteiger partial charge in [-0.25, -0.2) is 4.98 Å². The Morgan fingerprint density at radius 1 is 1.20 bits per heavy atom. The van der Waals surface area contributed by atoms with Gasteiger partial charge in [-0.2, -0.15) is 4.98 Å². The van der Waals surface area contributed by atoms with E-state index in [-0.39, 0.29) is 0 Å². The molecule has 1 fully saturated rings. The molecule has 4 nitrogen and oxygen atoms in total. The number of aromatic nitrogens is 2. The molecule has 2 heterocycles. The van der Waals surface area contributed by atoms with Crippen LogP contribution >= 0.6 is 11.6 Å². The number of anilines is 2. The highest BCUT2D eigenvalue weighted by atomic mass is 35.5. The Labute approximate surface area is 155 Å². The van der Waals surface area contributed by atoms with E-state index in [9.17, 15) is 0 Å². The van der Waals surface area contributed by atoms with Gasteiger partial charge < -0.3 is 10.2 Å². The Morgan fingerprint density at radius 3 is 2.76 bits per heavy atom. The molecule has 1 atom stereocenters. The summed E-state index contributed by atoms with van der Waals surface area (Å²) in [5.41, 5.74) is 2.28. The molecule has 0 aliphatic carbocycles. The second kappa shape index (κ2) is 8.52. The minimum absolute atomic E-state index is 0.567. The third kappa shape index (κ3) is 4.85. The highest BCUT2D eigenvalue weighted by Crippen LogP contribution is 2.25. The van der Waals surface area contributed by atoms with Gasteiger partial charge in [-0.05, 0) is 56.7 Å². The van der Waals surface area contributed by atoms with Gasteiger partial charge in [0.05, 0.1) is 0 Å². The predicted octanol–water partition coefficient (Wildman–Crippen LogP) is 4.86. The molecular formula is C20H27ClN4. The van der Waals surface area contributed by atoms with Crippen molar-refractivity contribution in [3.05, 3.63) is 46.6 Å². The molecule has 3 rings (SSSR count). The smallest absolute Gasteiger partial charge is 0.227 e. The van der Waals surface area contributed by atoms with Crippen molar-refractivity contribution in [2.75, 3.05) is 23.3 Å². The lowest BCUT2D eigenvalue weighted by atomic mass is 10.0. The molecule has 1 unspecified atom stereocenters. The van der Waals surface area contributed by atoms with E-state index in [0.717, 1.165) is 48.4 Å². The molecule has 2 aromatic rings. The zero-order chi connectivity index (χ0) is 17.6. The van der Waals surface area contributed by atoms with E-state index in [0.29, 0.717) is 6.04 Å². The van der Waals surface area contributed by atoms with Crippen LogP contribution in [0.25, 0.3) is 0 Å². The normalized spacial score (nSPS) is 17.6. The van der Waals surface area contributed by atoms with E-state index in [1.165, 1.54) is 24.8 Å². The molecule has 0 bridgehead atoms. The summed E-state index contributed by atoms with van der Waals surface area (Å²) in [6.07, 6.45) is 5.88. The van der Waals surface area contributed by atoms with Gasteiger partial charge in [0, 0.05) is 35.9 Å². The summed E-state index contributed by atoms with van der Waals surface area (Å²) in [5.74, 6) is 1.79. The monoisotopic (exact) mass is 358 g/mol. The van der Waals surface area contributed by atoms with Crippen molar-refractivity contribution in [2.24, 2.45) is 0 Å². The lowest BCUT2D eigenvalue weighted by Gasteiger charge is -2.35. The predicted molar refractivity (Wildman–Crippen MR) is 106 cm³/mol. The largest absolute Gasteiger partial charge is 0.370 e. The van der Waals surface area contributed by atoms with Crippen LogP contribution in [0.2, 0.25) is 5.02 Å². The number of nitrogens with zero attached hydrogens (tertiary/aromatic N) is 3. The fraction of sp³-hybridized carbons (Fsp3) is 0.500. The Hall–Kier alpha value is -1.81. The molecular weight excluding hydrogens is 332 g/mol. The highest BCUT2D eigenvalue weighted by molar-refractivity contribution is 6.30. The topological polar surface area (TPSA) is 41.1 Å². The molecule has 5 heteroatoms. The Balaban J connectivity index is 1.65. The molecule has 1 aliphatic heterocycles. The van der Waals surface area contributed by atoms with Gasteiger partial charge in [-0.15, -0.1) is 0 Å². The molecule has 0 amide bonds. The van der Waals surface area contributed by atoms with E-state index in [4.69, 9.17) is 21.6 Å². The number of rotatable bonds is 6. The molecule has 0 radical (unpaired) electrons. The maximum atomic E-state index is 5.94. The molecule has 1 aromatic carbocycles. The number of piperidine rings is 1. The Kier molecular flexibility index (Phi) is 6.14. The van der Waals surface area contributed by atoms with Gasteiger partial charge in [0.15, 0.2) is 0 Å². The number of hydrogen-bond donors (Lipinski definition) is 1. The molecule has 1 N–H and O–H groups in total. The fourth-order valence-electron chi connectivity index (χ4n) is 3.45. The average molecular weight is 359 g/mol. The maximum absolute atomic E-state index is 5.94. The molecule has 0 saturated carbocycles. The Bertz CT molecular complexity index is 687. The first-order valence-corrected chi connectivity index (χ1v) is 9.64. The van der Waals surface area contributed by atoms with Gasteiger partial charge in [0.1, 0.15) is 5.82 Å². The van der Waals surface area contributed by atoms with Crippen molar-refractivity contribution in [2.45, 2.75) is 52.0 Å². The molecule has 25 heavy (non-hydrogen) atoms. The summed E-state index contributed by atoms with van der Waals surface area (Å²) in [4.78, 5) is 11.9. The highest BCUT2D eigenvalue weighted by Gasteiger charge is 2.23. The van der Waals surface area contributed by atoms with Crippen LogP contribution in [0.4, 0.5) is 11.8 Å². The summed E-state index contributed by atoms with van der Waals surface area (Å²) in [7, 11) is 0. The van der Waals surface area contributed by atoms with E-state index < -0.39 is 0 Å². The number of benzene rings is 1. The first kappa shape index (κ1) is 18.0. The standard InChI is InChI=1S/C20H27ClN4/c1-3-18-6-4-5-13-25(18)20-23-15(2)14-19(24-20)22-12-11-16-7-9-17(21)10-8-16/h7-10,14,18H,3-6,11-13H2,1-2H3,(H,22,23,24). The van der Waals surface area contributed by atoms with Gasteiger partial charge in [-0.1, -0.05) is 30.7 Å². The lowest BCUT2D eigenvalue weighted by molar-refractivity contribution is 0.443. The van der Waals surface area contributed by atoms with E-state index in [2.05, 4.69) is 29.3 Å². The van der Waals surface area contributed by atoms with E-state index in [1.54, 1.807) is 0 Å². The summed E-state index contributed by atoms with van der Waals surface area (Å²) >= 11 is 5.94. The van der Waals surface area contributed by atoms with Crippen LogP contribution in [0, 0.1) is 6.92 Å². The van der Waals surface area contributed by atoms with Gasteiger partial charge in [0.2, 0.25) is 5.95 Å². The second-order valence-electron chi connectivity index (χ2n) is 6.75. The molecule has 134 valence electrons.